The molecule has 1 aliphatic heterocycles. The predicted octanol–water partition coefficient (Wildman–Crippen LogP) is -4.92. The number of hydrogen-bond donors (Lipinski definition) is 5. The lowest BCUT2D eigenvalue weighted by Crippen LogP contribution is -3.00. The number of nitrogens with two attached hydrogens (primary N) is 2. The fourth-order valence-corrected chi connectivity index (χ4v) is 4.63. The molecule has 0 radical (unpaired) electrons. The summed E-state index contributed by atoms with van der Waals surface area (Å²) in [6.07, 6.45) is 1.31. The number of nitrogen functional groups attached to an aromatic ring is 1. The van der Waals surface area contributed by atoms with Gasteiger partial charge in [-0.2, -0.15) is 0 Å². The van der Waals surface area contributed by atoms with Gasteiger partial charge in [0.05, 0.1) is 12.6 Å². The van der Waals surface area contributed by atoms with Crippen molar-refractivity contribution in [1.29, 1.82) is 0 Å². The number of aromatic nitrogens is 4. The van der Waals surface area contributed by atoms with E-state index < -0.39 is 36.6 Å². The lowest BCUT2D eigenvalue weighted by Gasteiger charge is -2.16. The second-order valence-electron chi connectivity index (χ2n) is 6.51. The fourth-order valence-electron chi connectivity index (χ4n) is 2.97. The summed E-state index contributed by atoms with van der Waals surface area (Å²) in [5, 5.41) is 29.7. The summed E-state index contributed by atoms with van der Waals surface area (Å²) in [5.74, 6) is 0.254. The molecule has 0 aliphatic carbocycles. The molecule has 0 amide bonds. The lowest BCUT2D eigenvalue weighted by molar-refractivity contribution is -0.138. The SMILES string of the molecule is C[S+](CCC(N)C(=O)O)CC1OC(n2cnc3c(N)ncnc32)C(O)C1O.[I-]. The molecular weight excluding hydrogens is 503 g/mol. The number of carbonyl (C=O) groups is 1. The van der Waals surface area contributed by atoms with Gasteiger partial charge in [0.2, 0.25) is 0 Å². The van der Waals surface area contributed by atoms with E-state index in [1.807, 2.05) is 6.26 Å². The average molecular weight is 526 g/mol. The summed E-state index contributed by atoms with van der Waals surface area (Å²) in [7, 11) is -0.235. The monoisotopic (exact) mass is 526 g/mol. The number of hydrogen-bond acceptors (Lipinski definition) is 9. The van der Waals surface area contributed by atoms with Crippen molar-refractivity contribution in [2.45, 2.75) is 37.0 Å². The van der Waals surface area contributed by atoms with E-state index in [9.17, 15) is 15.0 Å². The number of imidazole rings is 1. The number of halogens is 1. The topological polar surface area (TPSA) is 183 Å². The van der Waals surface area contributed by atoms with Crippen molar-refractivity contribution in [3.05, 3.63) is 12.7 Å². The Morgan fingerprint density at radius 3 is 2.75 bits per heavy atom. The Bertz CT molecular complexity index is 825. The Kier molecular flexibility index (Phi) is 7.81. The van der Waals surface area contributed by atoms with Crippen molar-refractivity contribution in [3.8, 4) is 0 Å². The van der Waals surface area contributed by atoms with Crippen LogP contribution in [0.3, 0.4) is 0 Å². The van der Waals surface area contributed by atoms with Crippen LogP contribution in [0, 0.1) is 0 Å². The van der Waals surface area contributed by atoms with Crippen LogP contribution in [-0.2, 0) is 20.4 Å². The minimum Gasteiger partial charge on any atom is -1.00 e. The molecule has 1 saturated heterocycles. The number of carboxylic acid groups (broad SMARTS) is 1. The first kappa shape index (κ1) is 23.0. The predicted molar refractivity (Wildman–Crippen MR) is 98.9 cm³/mol. The van der Waals surface area contributed by atoms with E-state index in [-0.39, 0.29) is 40.7 Å². The van der Waals surface area contributed by atoms with Gasteiger partial charge in [0.1, 0.15) is 47.7 Å². The number of aliphatic hydroxyl groups excluding tert-OH is 2. The standard InChI is InChI=1S/C15H22N6O5S.HI/c1-27(3-2-7(16)15(24)25)4-8-10(22)11(23)14(26-8)21-6-20-9-12(17)18-5-19-13(9)21;/h5-8,10-11,14,22-23H,2-4,16H2,1H3,(H2-,17,18,19,24,25);1H. The number of carboxylic acids is 1. The molecule has 0 aromatic carbocycles. The third-order valence-electron chi connectivity index (χ3n) is 4.54. The maximum Gasteiger partial charge on any atom is 0.320 e. The van der Waals surface area contributed by atoms with E-state index >= 15 is 0 Å². The highest BCUT2D eigenvalue weighted by Gasteiger charge is 2.46. The maximum atomic E-state index is 10.8. The van der Waals surface area contributed by atoms with Crippen LogP contribution in [0.25, 0.3) is 11.2 Å². The van der Waals surface area contributed by atoms with Crippen molar-refractivity contribution >= 4 is 33.8 Å². The van der Waals surface area contributed by atoms with Crippen LogP contribution < -0.4 is 35.4 Å². The van der Waals surface area contributed by atoms with Gasteiger partial charge in [-0.3, -0.25) is 9.36 Å². The van der Waals surface area contributed by atoms with Gasteiger partial charge in [-0.25, -0.2) is 15.0 Å². The summed E-state index contributed by atoms with van der Waals surface area (Å²) in [5.41, 5.74) is 12.1. The van der Waals surface area contributed by atoms with E-state index in [2.05, 4.69) is 15.0 Å². The first-order valence-electron chi connectivity index (χ1n) is 8.31. The molecule has 0 saturated carbocycles. The second kappa shape index (κ2) is 9.49. The van der Waals surface area contributed by atoms with Crippen LogP contribution in [0.1, 0.15) is 12.6 Å². The molecule has 0 bridgehead atoms. The Labute approximate surface area is 180 Å². The molecule has 2 aromatic rings. The van der Waals surface area contributed by atoms with Crippen molar-refractivity contribution in [2.75, 3.05) is 23.5 Å². The third-order valence-corrected chi connectivity index (χ3v) is 6.37. The second-order valence-corrected chi connectivity index (χ2v) is 8.82. The van der Waals surface area contributed by atoms with Crippen molar-refractivity contribution in [2.24, 2.45) is 5.73 Å². The largest absolute Gasteiger partial charge is 1.00 e. The van der Waals surface area contributed by atoms with E-state index in [1.165, 1.54) is 17.2 Å². The smallest absolute Gasteiger partial charge is 0.320 e. The van der Waals surface area contributed by atoms with E-state index in [0.29, 0.717) is 29.1 Å². The number of ether oxygens (including phenoxy) is 1. The fraction of sp³-hybridized carbons (Fsp3) is 0.600. The summed E-state index contributed by atoms with van der Waals surface area (Å²) in [6.45, 7) is 0. The average Bonchev–Trinajstić information content (AvgIpc) is 3.17. The van der Waals surface area contributed by atoms with Crippen LogP contribution in [0.15, 0.2) is 12.7 Å². The summed E-state index contributed by atoms with van der Waals surface area (Å²) < 4.78 is 7.41. The minimum atomic E-state index is -1.16. The third kappa shape index (κ3) is 4.65. The number of aliphatic carboxylic acids is 1. The molecule has 2 aromatic heterocycles. The quantitative estimate of drug-likeness (QED) is 0.173. The molecule has 11 nitrogen and oxygen atoms in total. The van der Waals surface area contributed by atoms with Crippen LogP contribution in [0.5, 0.6) is 0 Å². The van der Waals surface area contributed by atoms with Gasteiger partial charge in [0.25, 0.3) is 0 Å². The number of fused-ring (bicyclic) bond motifs is 1. The zero-order valence-electron chi connectivity index (χ0n) is 15.1. The highest BCUT2D eigenvalue weighted by Crippen LogP contribution is 2.32. The number of rotatable bonds is 7. The van der Waals surface area contributed by atoms with Gasteiger partial charge in [0.15, 0.2) is 17.7 Å². The van der Waals surface area contributed by atoms with Gasteiger partial charge in [-0.1, -0.05) is 0 Å². The Balaban J connectivity index is 0.00000280. The molecule has 0 spiro atoms. The Hall–Kier alpha value is -1.26. The maximum absolute atomic E-state index is 10.8. The molecule has 1 aliphatic rings. The first-order chi connectivity index (χ1) is 12.8. The molecule has 7 N–H and O–H groups in total. The van der Waals surface area contributed by atoms with E-state index in [4.69, 9.17) is 21.3 Å². The zero-order valence-corrected chi connectivity index (χ0v) is 18.0. The molecule has 13 heteroatoms. The minimum absolute atomic E-state index is 0. The lowest BCUT2D eigenvalue weighted by atomic mass is 10.1. The first-order valence-corrected chi connectivity index (χ1v) is 10.3. The Morgan fingerprint density at radius 2 is 2.07 bits per heavy atom. The van der Waals surface area contributed by atoms with Gasteiger partial charge in [-0.05, 0) is 10.9 Å². The van der Waals surface area contributed by atoms with Gasteiger partial charge < -0.3 is 55.5 Å². The number of aliphatic hydroxyl groups is 2. The van der Waals surface area contributed by atoms with Gasteiger partial charge >= 0.3 is 5.97 Å². The van der Waals surface area contributed by atoms with Crippen LogP contribution in [0.4, 0.5) is 5.82 Å². The van der Waals surface area contributed by atoms with Crippen LogP contribution in [-0.4, -0.2) is 82.9 Å². The summed E-state index contributed by atoms with van der Waals surface area (Å²) >= 11 is 0. The Morgan fingerprint density at radius 1 is 1.36 bits per heavy atom. The molecule has 1 fully saturated rings. The molecular formula is C15H23IN6O5S. The van der Waals surface area contributed by atoms with Crippen molar-refractivity contribution < 1.29 is 48.8 Å². The highest BCUT2D eigenvalue weighted by atomic mass is 127. The van der Waals surface area contributed by atoms with Crippen LogP contribution in [0.2, 0.25) is 0 Å². The molecule has 3 heterocycles. The number of nitrogens with zero attached hydrogens (tertiary/aromatic N) is 4. The molecule has 3 rings (SSSR count). The molecule has 6 atom stereocenters. The normalized spacial score (nSPS) is 26.7. The zero-order chi connectivity index (χ0) is 19.7. The van der Waals surface area contributed by atoms with Crippen molar-refractivity contribution in [3.63, 3.8) is 0 Å². The highest BCUT2D eigenvalue weighted by molar-refractivity contribution is 7.96. The summed E-state index contributed by atoms with van der Waals surface area (Å²) in [4.78, 5) is 23.0. The van der Waals surface area contributed by atoms with Gasteiger partial charge in [-0.15, -0.1) is 0 Å². The number of anilines is 1. The van der Waals surface area contributed by atoms with Gasteiger partial charge in [0, 0.05) is 6.42 Å². The van der Waals surface area contributed by atoms with E-state index in [1.54, 1.807) is 0 Å². The van der Waals surface area contributed by atoms with E-state index in [0.717, 1.165) is 0 Å². The molecule has 28 heavy (non-hydrogen) atoms. The van der Waals surface area contributed by atoms with Crippen molar-refractivity contribution in [1.82, 2.24) is 19.5 Å². The molecule has 6 unspecified atom stereocenters. The molecule has 156 valence electrons. The summed E-state index contributed by atoms with van der Waals surface area (Å²) in [6, 6.07) is -0.907. The van der Waals surface area contributed by atoms with Crippen LogP contribution >= 0.6 is 0 Å².